The van der Waals surface area contributed by atoms with Crippen molar-refractivity contribution < 1.29 is 0 Å². The number of piperidine rings is 1. The molecule has 0 unspecified atom stereocenters. The Morgan fingerprint density at radius 3 is 2.43 bits per heavy atom. The molecule has 2 aromatic carbocycles. The highest BCUT2D eigenvalue weighted by Gasteiger charge is 2.24. The number of nitrogens with two attached hydrogens (primary N) is 1. The van der Waals surface area contributed by atoms with Gasteiger partial charge in [-0.3, -0.25) is 9.89 Å². The fourth-order valence-corrected chi connectivity index (χ4v) is 4.42. The monoisotopic (exact) mass is 399 g/mol. The number of aryl methyl sites for hydroxylation is 1. The molecule has 5 rings (SSSR count). The number of aromatic amines is 1. The lowest BCUT2D eigenvalue weighted by atomic mass is 10.0. The molecule has 4 aromatic rings. The van der Waals surface area contributed by atoms with Crippen molar-refractivity contribution in [3.63, 3.8) is 0 Å². The molecule has 3 N–H and O–H groups in total. The molecule has 6 heteroatoms. The number of nitrogen functional groups attached to an aromatic ring is 1. The van der Waals surface area contributed by atoms with E-state index in [2.05, 4.69) is 22.1 Å². The standard InChI is InChI=1S/C24H25N5O/c1-16-20(18-11-8-12-19(25)15-18)24(30)29-23(26-16)22(28-13-6-3-7-14-28)21(27-29)17-9-4-2-5-10-17/h2,4-5,8-12,15,27H,3,6-7,13-14,25H2,1H3. The van der Waals surface area contributed by atoms with Crippen LogP contribution in [-0.2, 0) is 0 Å². The molecule has 1 aliphatic rings. The first-order valence-corrected chi connectivity index (χ1v) is 10.4. The molecule has 0 atom stereocenters. The molecule has 1 fully saturated rings. The molecular weight excluding hydrogens is 374 g/mol. The fourth-order valence-electron chi connectivity index (χ4n) is 4.42. The number of H-pyrrole nitrogens is 1. The van der Waals surface area contributed by atoms with E-state index < -0.39 is 0 Å². The van der Waals surface area contributed by atoms with E-state index in [1.807, 2.05) is 49.4 Å². The van der Waals surface area contributed by atoms with Gasteiger partial charge < -0.3 is 10.6 Å². The summed E-state index contributed by atoms with van der Waals surface area (Å²) in [6.07, 6.45) is 3.54. The van der Waals surface area contributed by atoms with Crippen molar-refractivity contribution in [3.05, 3.63) is 70.6 Å². The minimum atomic E-state index is -0.108. The number of rotatable bonds is 3. The number of fused-ring (bicyclic) bond motifs is 1. The molecule has 1 aliphatic heterocycles. The number of hydrogen-bond donors (Lipinski definition) is 2. The zero-order valence-corrected chi connectivity index (χ0v) is 17.1. The second-order valence-electron chi connectivity index (χ2n) is 7.91. The fraction of sp³-hybridized carbons (Fsp3) is 0.250. The van der Waals surface area contributed by atoms with E-state index in [0.717, 1.165) is 48.4 Å². The predicted octanol–water partition coefficient (Wildman–Crippen LogP) is 4.24. The van der Waals surface area contributed by atoms with E-state index >= 15 is 0 Å². The van der Waals surface area contributed by atoms with Crippen LogP contribution in [0.15, 0.2) is 59.4 Å². The van der Waals surface area contributed by atoms with Crippen LogP contribution in [0.2, 0.25) is 0 Å². The Kier molecular flexibility index (Phi) is 4.54. The van der Waals surface area contributed by atoms with Crippen LogP contribution in [0, 0.1) is 6.92 Å². The van der Waals surface area contributed by atoms with Crippen molar-refractivity contribution in [2.75, 3.05) is 23.7 Å². The Balaban J connectivity index is 1.80. The lowest BCUT2D eigenvalue weighted by Gasteiger charge is -2.28. The Bertz CT molecular complexity index is 1270. The van der Waals surface area contributed by atoms with Gasteiger partial charge in [0, 0.05) is 24.3 Å². The van der Waals surface area contributed by atoms with Gasteiger partial charge in [-0.1, -0.05) is 42.5 Å². The summed E-state index contributed by atoms with van der Waals surface area (Å²) in [6.45, 7) is 3.84. The van der Waals surface area contributed by atoms with Gasteiger partial charge in [-0.15, -0.1) is 0 Å². The maximum Gasteiger partial charge on any atom is 0.280 e. The molecule has 0 radical (unpaired) electrons. The van der Waals surface area contributed by atoms with Gasteiger partial charge in [-0.05, 0) is 43.9 Å². The minimum absolute atomic E-state index is 0.108. The minimum Gasteiger partial charge on any atom is -0.399 e. The van der Waals surface area contributed by atoms with E-state index in [4.69, 9.17) is 10.7 Å². The number of nitrogens with one attached hydrogen (secondary N) is 1. The van der Waals surface area contributed by atoms with Crippen molar-refractivity contribution >= 4 is 17.0 Å². The zero-order chi connectivity index (χ0) is 20.7. The number of nitrogens with zero attached hydrogens (tertiary/aromatic N) is 3. The maximum atomic E-state index is 13.6. The summed E-state index contributed by atoms with van der Waals surface area (Å²) >= 11 is 0. The number of hydrogen-bond acceptors (Lipinski definition) is 4. The number of anilines is 2. The van der Waals surface area contributed by atoms with Crippen LogP contribution in [0.1, 0.15) is 25.0 Å². The molecule has 1 saturated heterocycles. The van der Waals surface area contributed by atoms with Crippen LogP contribution >= 0.6 is 0 Å². The van der Waals surface area contributed by atoms with Gasteiger partial charge in [0.25, 0.3) is 5.56 Å². The van der Waals surface area contributed by atoms with Crippen LogP contribution in [0.5, 0.6) is 0 Å². The van der Waals surface area contributed by atoms with E-state index in [1.54, 1.807) is 4.52 Å². The van der Waals surface area contributed by atoms with Crippen molar-refractivity contribution in [1.29, 1.82) is 0 Å². The van der Waals surface area contributed by atoms with Crippen LogP contribution < -0.4 is 16.2 Å². The number of benzene rings is 2. The average Bonchev–Trinajstić information content (AvgIpc) is 3.15. The van der Waals surface area contributed by atoms with E-state index in [1.165, 1.54) is 6.42 Å². The van der Waals surface area contributed by atoms with E-state index in [9.17, 15) is 4.79 Å². The zero-order valence-electron chi connectivity index (χ0n) is 17.1. The first kappa shape index (κ1) is 18.5. The molecular formula is C24H25N5O. The largest absolute Gasteiger partial charge is 0.399 e. The van der Waals surface area contributed by atoms with Crippen molar-refractivity contribution in [3.8, 4) is 22.4 Å². The van der Waals surface area contributed by atoms with Crippen molar-refractivity contribution in [1.82, 2.24) is 14.6 Å². The maximum absolute atomic E-state index is 13.6. The molecule has 152 valence electrons. The summed E-state index contributed by atoms with van der Waals surface area (Å²) < 4.78 is 1.60. The van der Waals surface area contributed by atoms with Gasteiger partial charge in [-0.2, -0.15) is 4.52 Å². The second kappa shape index (κ2) is 7.37. The quantitative estimate of drug-likeness (QED) is 0.505. The molecule has 0 aliphatic carbocycles. The van der Waals surface area contributed by atoms with Gasteiger partial charge in [0.05, 0.1) is 17.0 Å². The summed E-state index contributed by atoms with van der Waals surface area (Å²) in [5.74, 6) is 0. The number of aromatic nitrogens is 3. The molecule has 2 aromatic heterocycles. The van der Waals surface area contributed by atoms with Crippen molar-refractivity contribution in [2.45, 2.75) is 26.2 Å². The first-order valence-electron chi connectivity index (χ1n) is 10.4. The summed E-state index contributed by atoms with van der Waals surface area (Å²) in [5.41, 5.74) is 12.2. The van der Waals surface area contributed by atoms with Crippen LogP contribution in [0.25, 0.3) is 28.0 Å². The topological polar surface area (TPSA) is 79.4 Å². The highest BCUT2D eigenvalue weighted by Crippen LogP contribution is 2.35. The van der Waals surface area contributed by atoms with Crippen LogP contribution in [0.3, 0.4) is 0 Å². The molecule has 30 heavy (non-hydrogen) atoms. The van der Waals surface area contributed by atoms with Gasteiger partial charge >= 0.3 is 0 Å². The highest BCUT2D eigenvalue weighted by molar-refractivity contribution is 5.87. The SMILES string of the molecule is Cc1nc2c(N3CCCCC3)c(-c3ccccc3)[nH]n2c(=O)c1-c1cccc(N)c1. The third-order valence-electron chi connectivity index (χ3n) is 5.85. The molecule has 0 amide bonds. The van der Waals surface area contributed by atoms with E-state index in [0.29, 0.717) is 22.6 Å². The van der Waals surface area contributed by atoms with Gasteiger partial charge in [0.15, 0.2) is 5.65 Å². The lowest BCUT2D eigenvalue weighted by molar-refractivity contribution is 0.579. The molecule has 0 bridgehead atoms. The Morgan fingerprint density at radius 2 is 1.70 bits per heavy atom. The third-order valence-corrected chi connectivity index (χ3v) is 5.85. The van der Waals surface area contributed by atoms with Crippen molar-refractivity contribution in [2.24, 2.45) is 0 Å². The van der Waals surface area contributed by atoms with Gasteiger partial charge in [0.2, 0.25) is 0 Å². The highest BCUT2D eigenvalue weighted by atomic mass is 16.1. The molecule has 3 heterocycles. The average molecular weight is 399 g/mol. The van der Waals surface area contributed by atoms with Crippen LogP contribution in [-0.4, -0.2) is 27.7 Å². The first-order chi connectivity index (χ1) is 14.6. The molecule has 0 saturated carbocycles. The normalized spacial score (nSPS) is 14.4. The lowest BCUT2D eigenvalue weighted by Crippen LogP contribution is -2.30. The smallest absolute Gasteiger partial charge is 0.280 e. The Labute approximate surface area is 175 Å². The Morgan fingerprint density at radius 1 is 0.967 bits per heavy atom. The molecule has 0 spiro atoms. The predicted molar refractivity (Wildman–Crippen MR) is 122 cm³/mol. The third kappa shape index (κ3) is 3.05. The van der Waals surface area contributed by atoms with Gasteiger partial charge in [-0.25, -0.2) is 4.98 Å². The summed E-state index contributed by atoms with van der Waals surface area (Å²) in [6, 6.07) is 17.6. The van der Waals surface area contributed by atoms with Gasteiger partial charge in [0.1, 0.15) is 5.69 Å². The summed E-state index contributed by atoms with van der Waals surface area (Å²) in [5, 5.41) is 3.37. The second-order valence-corrected chi connectivity index (χ2v) is 7.91. The summed E-state index contributed by atoms with van der Waals surface area (Å²) in [7, 11) is 0. The summed E-state index contributed by atoms with van der Waals surface area (Å²) in [4.78, 5) is 20.9. The van der Waals surface area contributed by atoms with E-state index in [-0.39, 0.29) is 5.56 Å². The molecule has 6 nitrogen and oxygen atoms in total. The van der Waals surface area contributed by atoms with Crippen LogP contribution in [0.4, 0.5) is 11.4 Å². The Hall–Kier alpha value is -3.54.